The lowest BCUT2D eigenvalue weighted by Crippen LogP contribution is -2.54. The monoisotopic (exact) mass is 518 g/mol. The molecule has 0 aliphatic rings. The molecule has 0 aliphatic carbocycles. The average molecular weight is 519 g/mol. The summed E-state index contributed by atoms with van der Waals surface area (Å²) in [4.78, 5) is 53.5. The van der Waals surface area contributed by atoms with E-state index < -0.39 is 42.0 Å². The summed E-state index contributed by atoms with van der Waals surface area (Å²) in [5.41, 5.74) is 7.16. The zero-order chi connectivity index (χ0) is 28.2. The van der Waals surface area contributed by atoms with Gasteiger partial charge in [0.25, 0.3) is 0 Å². The first-order chi connectivity index (χ1) is 17.3. The Morgan fingerprint density at radius 1 is 1.03 bits per heavy atom. The van der Waals surface area contributed by atoms with Crippen molar-refractivity contribution in [3.05, 3.63) is 34.9 Å². The number of ether oxygens (including phenoxy) is 1. The van der Waals surface area contributed by atoms with Gasteiger partial charge in [0.1, 0.15) is 17.7 Å². The van der Waals surface area contributed by atoms with E-state index in [1.54, 1.807) is 20.8 Å². The molecule has 1 aromatic rings. The van der Waals surface area contributed by atoms with Crippen molar-refractivity contribution in [1.29, 1.82) is 0 Å². The quantitative estimate of drug-likeness (QED) is 0.320. The van der Waals surface area contributed by atoms with E-state index in [2.05, 4.69) is 10.6 Å². The Hall–Kier alpha value is -3.10. The molecular weight excluding hydrogens is 472 g/mol. The van der Waals surface area contributed by atoms with Crippen LogP contribution in [0.2, 0.25) is 0 Å². The molecule has 0 saturated heterocycles. The minimum absolute atomic E-state index is 0.275. The van der Waals surface area contributed by atoms with Crippen molar-refractivity contribution >= 4 is 23.8 Å². The van der Waals surface area contributed by atoms with Gasteiger partial charge < -0.3 is 26.0 Å². The van der Waals surface area contributed by atoms with E-state index in [1.165, 1.54) is 4.90 Å². The van der Waals surface area contributed by atoms with Gasteiger partial charge in [0.15, 0.2) is 0 Å². The van der Waals surface area contributed by atoms with Crippen molar-refractivity contribution in [2.24, 2.45) is 5.73 Å². The zero-order valence-electron chi connectivity index (χ0n) is 23.6. The molecule has 0 bridgehead atoms. The highest BCUT2D eigenvalue weighted by Crippen LogP contribution is 2.27. The molecule has 2 unspecified atom stereocenters. The van der Waals surface area contributed by atoms with E-state index >= 15 is 0 Å². The molecule has 208 valence electrons. The third kappa shape index (κ3) is 11.2. The van der Waals surface area contributed by atoms with Crippen LogP contribution in [0.25, 0.3) is 0 Å². The van der Waals surface area contributed by atoms with Gasteiger partial charge in [0.05, 0.1) is 6.42 Å². The van der Waals surface area contributed by atoms with Crippen molar-refractivity contribution in [3.63, 3.8) is 0 Å². The van der Waals surface area contributed by atoms with E-state index in [-0.39, 0.29) is 12.5 Å². The summed E-state index contributed by atoms with van der Waals surface area (Å²) in [7, 11) is 0. The average Bonchev–Trinajstić information content (AvgIpc) is 2.78. The fraction of sp³-hybridized carbons (Fsp3) is 0.643. The van der Waals surface area contributed by atoms with Crippen LogP contribution in [-0.2, 0) is 19.1 Å². The van der Waals surface area contributed by atoms with Crippen molar-refractivity contribution in [2.75, 3.05) is 13.1 Å². The van der Waals surface area contributed by atoms with Crippen LogP contribution in [0.15, 0.2) is 18.2 Å². The Morgan fingerprint density at radius 2 is 1.68 bits per heavy atom. The molecule has 4 N–H and O–H groups in total. The van der Waals surface area contributed by atoms with Crippen LogP contribution in [0.3, 0.4) is 0 Å². The number of nitrogens with zero attached hydrogens (tertiary/aromatic N) is 1. The predicted octanol–water partition coefficient (Wildman–Crippen LogP) is 4.05. The summed E-state index contributed by atoms with van der Waals surface area (Å²) in [5.74, 6) is -1.61. The van der Waals surface area contributed by atoms with E-state index in [9.17, 15) is 19.2 Å². The number of unbranched alkanes of at least 4 members (excludes halogenated alkanes) is 3. The lowest BCUT2D eigenvalue weighted by molar-refractivity contribution is -0.143. The summed E-state index contributed by atoms with van der Waals surface area (Å²) in [6.07, 6.45) is 2.88. The summed E-state index contributed by atoms with van der Waals surface area (Å²) in [6.45, 7) is 13.8. The number of benzene rings is 1. The second-order valence-corrected chi connectivity index (χ2v) is 10.5. The van der Waals surface area contributed by atoms with Gasteiger partial charge in [-0.3, -0.25) is 14.4 Å². The molecule has 1 rings (SSSR count). The number of aryl methyl sites for hydroxylation is 2. The summed E-state index contributed by atoms with van der Waals surface area (Å²) >= 11 is 0. The molecule has 0 aromatic heterocycles. The number of hydrogen-bond acceptors (Lipinski definition) is 5. The number of primary amides is 1. The molecule has 4 amide bonds. The Morgan fingerprint density at radius 3 is 2.24 bits per heavy atom. The minimum atomic E-state index is -1.27. The molecule has 0 aliphatic heterocycles. The van der Waals surface area contributed by atoms with Crippen LogP contribution in [0.5, 0.6) is 0 Å². The fourth-order valence-corrected chi connectivity index (χ4v) is 3.94. The van der Waals surface area contributed by atoms with E-state index in [0.717, 1.165) is 36.8 Å². The van der Waals surface area contributed by atoms with Crippen molar-refractivity contribution < 1.29 is 23.9 Å². The number of rotatable bonds is 14. The van der Waals surface area contributed by atoms with Gasteiger partial charge in [0.2, 0.25) is 17.7 Å². The van der Waals surface area contributed by atoms with Gasteiger partial charge in [0, 0.05) is 13.1 Å². The van der Waals surface area contributed by atoms with Crippen molar-refractivity contribution in [3.8, 4) is 0 Å². The molecule has 9 heteroatoms. The molecular formula is C28H46N4O5. The van der Waals surface area contributed by atoms with Gasteiger partial charge >= 0.3 is 6.09 Å². The normalized spacial score (nSPS) is 12.8. The predicted molar refractivity (Wildman–Crippen MR) is 145 cm³/mol. The highest BCUT2D eigenvalue weighted by atomic mass is 16.6. The Labute approximate surface area is 221 Å². The number of nitrogens with two attached hydrogens (primary N) is 1. The lowest BCUT2D eigenvalue weighted by atomic mass is 9.95. The second kappa shape index (κ2) is 15.2. The first-order valence-corrected chi connectivity index (χ1v) is 13.2. The van der Waals surface area contributed by atoms with Gasteiger partial charge in [-0.25, -0.2) is 4.79 Å². The summed E-state index contributed by atoms with van der Waals surface area (Å²) in [6, 6.07) is 3.57. The third-order valence-corrected chi connectivity index (χ3v) is 5.80. The Bertz CT molecular complexity index is 926. The maximum Gasteiger partial charge on any atom is 0.408 e. The standard InChI is InChI=1S/C28H46N4O5/c1-8-10-12-16-32(26(35)22(18-23(29)33)31-27(36)37-28(5,6)7)24(25(34)30-15-11-9-2)21-17-19(3)13-14-20(21)4/h13-14,17,22,24H,8-12,15-16,18H2,1-7H3,(H2,29,33)(H,30,34)(H,31,36). The van der Waals surface area contributed by atoms with Crippen LogP contribution in [-0.4, -0.2) is 53.4 Å². The van der Waals surface area contributed by atoms with Crippen LogP contribution in [0.4, 0.5) is 4.79 Å². The molecule has 0 fully saturated rings. The molecule has 2 atom stereocenters. The van der Waals surface area contributed by atoms with Crippen molar-refractivity contribution in [2.45, 2.75) is 105 Å². The molecule has 0 saturated carbocycles. The molecule has 0 radical (unpaired) electrons. The van der Waals surface area contributed by atoms with Crippen molar-refractivity contribution in [1.82, 2.24) is 15.5 Å². The van der Waals surface area contributed by atoms with Crippen LogP contribution in [0.1, 0.15) is 95.9 Å². The summed E-state index contributed by atoms with van der Waals surface area (Å²) < 4.78 is 5.32. The largest absolute Gasteiger partial charge is 0.444 e. The maximum atomic E-state index is 14.0. The van der Waals surface area contributed by atoms with Gasteiger partial charge in [-0.15, -0.1) is 0 Å². The Balaban J connectivity index is 3.53. The summed E-state index contributed by atoms with van der Waals surface area (Å²) in [5, 5.41) is 5.48. The number of hydrogen-bond donors (Lipinski definition) is 3. The fourth-order valence-electron chi connectivity index (χ4n) is 3.94. The molecule has 9 nitrogen and oxygen atoms in total. The molecule has 1 aromatic carbocycles. The molecule has 37 heavy (non-hydrogen) atoms. The molecule has 0 heterocycles. The third-order valence-electron chi connectivity index (χ3n) is 5.80. The van der Waals surface area contributed by atoms with E-state index in [1.807, 2.05) is 45.9 Å². The zero-order valence-corrected chi connectivity index (χ0v) is 23.6. The Kier molecular flexibility index (Phi) is 13.1. The smallest absolute Gasteiger partial charge is 0.408 e. The van der Waals surface area contributed by atoms with Gasteiger partial charge in [-0.2, -0.15) is 0 Å². The number of carbonyl (C=O) groups is 4. The minimum Gasteiger partial charge on any atom is -0.444 e. The first-order valence-electron chi connectivity index (χ1n) is 13.2. The number of alkyl carbamates (subject to hydrolysis) is 1. The van der Waals surface area contributed by atoms with E-state index in [0.29, 0.717) is 18.5 Å². The van der Waals surface area contributed by atoms with Crippen LogP contribution < -0.4 is 16.4 Å². The van der Waals surface area contributed by atoms with Gasteiger partial charge in [-0.1, -0.05) is 56.9 Å². The number of nitrogens with one attached hydrogen (secondary N) is 2. The number of carbonyl (C=O) groups excluding carboxylic acids is 4. The highest BCUT2D eigenvalue weighted by Gasteiger charge is 2.37. The van der Waals surface area contributed by atoms with E-state index in [4.69, 9.17) is 10.5 Å². The van der Waals surface area contributed by atoms with Crippen LogP contribution in [0, 0.1) is 13.8 Å². The highest BCUT2D eigenvalue weighted by molar-refractivity contribution is 5.94. The second-order valence-electron chi connectivity index (χ2n) is 10.5. The first kappa shape index (κ1) is 31.9. The van der Waals surface area contributed by atoms with Crippen LogP contribution >= 0.6 is 0 Å². The maximum absolute atomic E-state index is 14.0. The SMILES string of the molecule is CCCCCN(C(=O)C(CC(N)=O)NC(=O)OC(C)(C)C)C(C(=O)NCCCC)c1cc(C)ccc1C. The van der Waals surface area contributed by atoms with Gasteiger partial charge in [-0.05, 0) is 58.6 Å². The topological polar surface area (TPSA) is 131 Å². The number of amides is 4. The lowest BCUT2D eigenvalue weighted by Gasteiger charge is -2.35. The molecule has 0 spiro atoms.